The second-order valence-electron chi connectivity index (χ2n) is 3.85. The van der Waals surface area contributed by atoms with Gasteiger partial charge in [-0.1, -0.05) is 18.5 Å². The van der Waals surface area contributed by atoms with Crippen LogP contribution < -0.4 is 10.1 Å². The van der Waals surface area contributed by atoms with Gasteiger partial charge in [-0.05, 0) is 24.7 Å². The van der Waals surface area contributed by atoms with Gasteiger partial charge < -0.3 is 10.1 Å². The fraction of sp³-hybridized carbons (Fsp3) is 0.308. The number of halogens is 1. The zero-order valence-corrected chi connectivity index (χ0v) is 11.2. The molecule has 18 heavy (non-hydrogen) atoms. The van der Waals surface area contributed by atoms with Crippen molar-refractivity contribution in [2.45, 2.75) is 13.5 Å². The van der Waals surface area contributed by atoms with Gasteiger partial charge in [0.2, 0.25) is 0 Å². The van der Waals surface area contributed by atoms with Crippen LogP contribution in [-0.2, 0) is 6.54 Å². The zero-order chi connectivity index (χ0) is 13.0. The van der Waals surface area contributed by atoms with E-state index >= 15 is 0 Å². The van der Waals surface area contributed by atoms with Gasteiger partial charge in [-0.3, -0.25) is 0 Å². The fourth-order valence-electron chi connectivity index (χ4n) is 1.64. The van der Waals surface area contributed by atoms with E-state index in [1.807, 2.05) is 29.1 Å². The molecule has 2 aromatic rings. The Balaban J connectivity index is 2.23. The third-order valence-corrected chi connectivity index (χ3v) is 2.91. The molecule has 96 valence electrons. The number of hydrogen-bond acceptors (Lipinski definition) is 3. The lowest BCUT2D eigenvalue weighted by molar-refractivity contribution is 0.414. The second kappa shape index (κ2) is 5.89. The van der Waals surface area contributed by atoms with Crippen molar-refractivity contribution in [3.05, 3.63) is 41.2 Å². The molecule has 5 heteroatoms. The van der Waals surface area contributed by atoms with E-state index in [-0.39, 0.29) is 0 Å². The first kappa shape index (κ1) is 12.9. The fourth-order valence-corrected chi connectivity index (χ4v) is 1.84. The van der Waals surface area contributed by atoms with Crippen molar-refractivity contribution in [2.75, 3.05) is 13.7 Å². The maximum Gasteiger partial charge on any atom is 0.139 e. The van der Waals surface area contributed by atoms with E-state index in [4.69, 9.17) is 16.3 Å². The molecule has 0 aliphatic rings. The van der Waals surface area contributed by atoms with Crippen LogP contribution in [0.1, 0.15) is 12.6 Å². The zero-order valence-electron chi connectivity index (χ0n) is 10.5. The van der Waals surface area contributed by atoms with E-state index in [9.17, 15) is 0 Å². The maximum absolute atomic E-state index is 5.99. The van der Waals surface area contributed by atoms with Crippen molar-refractivity contribution in [3.8, 4) is 11.4 Å². The van der Waals surface area contributed by atoms with Gasteiger partial charge in [0.15, 0.2) is 0 Å². The smallest absolute Gasteiger partial charge is 0.139 e. The predicted octanol–water partition coefficient (Wildman–Crippen LogP) is 2.64. The average Bonchev–Trinajstić information content (AvgIpc) is 2.85. The summed E-state index contributed by atoms with van der Waals surface area (Å²) in [7, 11) is 1.60. The SMILES string of the molecule is CCNCc1ccn(-c2ccc(Cl)c(OC)c2)n1. The molecule has 0 amide bonds. The highest BCUT2D eigenvalue weighted by Gasteiger charge is 2.05. The Morgan fingerprint density at radius 3 is 2.94 bits per heavy atom. The number of rotatable bonds is 5. The lowest BCUT2D eigenvalue weighted by Crippen LogP contribution is -2.12. The van der Waals surface area contributed by atoms with Crippen molar-refractivity contribution in [1.29, 1.82) is 0 Å². The van der Waals surface area contributed by atoms with Gasteiger partial charge in [0.05, 0.1) is 23.5 Å². The number of benzene rings is 1. The lowest BCUT2D eigenvalue weighted by atomic mass is 10.3. The van der Waals surface area contributed by atoms with Crippen LogP contribution in [0.15, 0.2) is 30.5 Å². The molecule has 0 saturated heterocycles. The van der Waals surface area contributed by atoms with Crippen molar-refractivity contribution in [3.63, 3.8) is 0 Å². The first-order valence-electron chi connectivity index (χ1n) is 5.83. The van der Waals surface area contributed by atoms with E-state index in [0.29, 0.717) is 10.8 Å². The molecule has 0 bridgehead atoms. The molecule has 0 aliphatic heterocycles. The van der Waals surface area contributed by atoms with E-state index in [2.05, 4.69) is 17.3 Å². The number of nitrogens with zero attached hydrogens (tertiary/aromatic N) is 2. The van der Waals surface area contributed by atoms with Crippen LogP contribution in [-0.4, -0.2) is 23.4 Å². The van der Waals surface area contributed by atoms with Crippen LogP contribution in [0.2, 0.25) is 5.02 Å². The molecule has 0 radical (unpaired) electrons. The Kier molecular flexibility index (Phi) is 4.23. The molecule has 0 fully saturated rings. The van der Waals surface area contributed by atoms with E-state index < -0.39 is 0 Å². The molecule has 1 N–H and O–H groups in total. The van der Waals surface area contributed by atoms with E-state index in [1.54, 1.807) is 13.2 Å². The minimum absolute atomic E-state index is 0.598. The van der Waals surface area contributed by atoms with Crippen LogP contribution in [0.4, 0.5) is 0 Å². The molecule has 0 saturated carbocycles. The summed E-state index contributed by atoms with van der Waals surface area (Å²) < 4.78 is 7.00. The van der Waals surface area contributed by atoms with Crippen molar-refractivity contribution >= 4 is 11.6 Å². The quantitative estimate of drug-likeness (QED) is 0.903. The van der Waals surface area contributed by atoms with E-state index in [1.165, 1.54) is 0 Å². The summed E-state index contributed by atoms with van der Waals surface area (Å²) in [5, 5.41) is 8.32. The van der Waals surface area contributed by atoms with Crippen molar-refractivity contribution < 1.29 is 4.74 Å². The Hall–Kier alpha value is -1.52. The Labute approximate surface area is 112 Å². The number of ether oxygens (including phenoxy) is 1. The molecular formula is C13H16ClN3O. The van der Waals surface area contributed by atoms with E-state index in [0.717, 1.165) is 24.5 Å². The van der Waals surface area contributed by atoms with Gasteiger partial charge in [-0.25, -0.2) is 4.68 Å². The van der Waals surface area contributed by atoms with Crippen LogP contribution in [0, 0.1) is 0 Å². The minimum atomic E-state index is 0.598. The van der Waals surface area contributed by atoms with Gasteiger partial charge in [-0.15, -0.1) is 0 Å². The maximum atomic E-state index is 5.99. The van der Waals surface area contributed by atoms with Crippen LogP contribution >= 0.6 is 11.6 Å². The summed E-state index contributed by atoms with van der Waals surface area (Å²) in [6, 6.07) is 7.58. The second-order valence-corrected chi connectivity index (χ2v) is 4.26. The summed E-state index contributed by atoms with van der Waals surface area (Å²) in [5.74, 6) is 0.651. The Morgan fingerprint density at radius 1 is 1.39 bits per heavy atom. The normalized spacial score (nSPS) is 10.6. The number of hydrogen-bond donors (Lipinski definition) is 1. The molecule has 4 nitrogen and oxygen atoms in total. The summed E-state index contributed by atoms with van der Waals surface area (Å²) in [5.41, 5.74) is 1.93. The molecule has 0 spiro atoms. The third kappa shape index (κ3) is 2.83. The molecule has 1 aromatic heterocycles. The van der Waals surface area contributed by atoms with Crippen LogP contribution in [0.3, 0.4) is 0 Å². The predicted molar refractivity (Wildman–Crippen MR) is 72.5 cm³/mol. The monoisotopic (exact) mass is 265 g/mol. The first-order valence-corrected chi connectivity index (χ1v) is 6.21. The standard InChI is InChI=1S/C13H16ClN3O/c1-3-15-9-10-6-7-17(16-10)11-4-5-12(14)13(8-11)18-2/h4-8,15H,3,9H2,1-2H3. The first-order chi connectivity index (χ1) is 8.74. The molecule has 1 heterocycles. The molecule has 0 aliphatic carbocycles. The summed E-state index contributed by atoms with van der Waals surface area (Å²) in [4.78, 5) is 0. The topological polar surface area (TPSA) is 39.1 Å². The van der Waals surface area contributed by atoms with Gasteiger partial charge in [0.1, 0.15) is 5.75 Å². The minimum Gasteiger partial charge on any atom is -0.495 e. The number of nitrogens with one attached hydrogen (secondary N) is 1. The highest BCUT2D eigenvalue weighted by atomic mass is 35.5. The third-order valence-electron chi connectivity index (χ3n) is 2.60. The summed E-state index contributed by atoms with van der Waals surface area (Å²) >= 11 is 5.99. The molecule has 0 atom stereocenters. The van der Waals surface area contributed by atoms with Gasteiger partial charge in [0, 0.05) is 18.8 Å². The van der Waals surface area contributed by atoms with Gasteiger partial charge in [-0.2, -0.15) is 5.10 Å². The molecular weight excluding hydrogens is 250 g/mol. The molecule has 1 aromatic carbocycles. The van der Waals surface area contributed by atoms with Crippen molar-refractivity contribution in [2.24, 2.45) is 0 Å². The highest BCUT2D eigenvalue weighted by Crippen LogP contribution is 2.26. The summed E-state index contributed by atoms with van der Waals surface area (Å²) in [6.45, 7) is 3.77. The van der Waals surface area contributed by atoms with Gasteiger partial charge >= 0.3 is 0 Å². The molecule has 0 unspecified atom stereocenters. The Bertz CT molecular complexity index is 525. The van der Waals surface area contributed by atoms with Gasteiger partial charge in [0.25, 0.3) is 0 Å². The van der Waals surface area contributed by atoms with Crippen LogP contribution in [0.5, 0.6) is 5.75 Å². The highest BCUT2D eigenvalue weighted by molar-refractivity contribution is 6.32. The average molecular weight is 266 g/mol. The van der Waals surface area contributed by atoms with Crippen LogP contribution in [0.25, 0.3) is 5.69 Å². The van der Waals surface area contributed by atoms with Crippen molar-refractivity contribution in [1.82, 2.24) is 15.1 Å². The molecule has 2 rings (SSSR count). The Morgan fingerprint density at radius 2 is 2.22 bits per heavy atom. The number of methoxy groups -OCH3 is 1. The largest absolute Gasteiger partial charge is 0.495 e. The lowest BCUT2D eigenvalue weighted by Gasteiger charge is -2.06. The number of aromatic nitrogens is 2. The summed E-state index contributed by atoms with van der Waals surface area (Å²) in [6.07, 6.45) is 1.93.